The van der Waals surface area contributed by atoms with Crippen molar-refractivity contribution in [2.75, 3.05) is 73.0 Å². The minimum absolute atomic E-state index is 0. The number of rotatable bonds is 19. The Hall–Kier alpha value is 0.129. The molecule has 5 aliphatic rings. The van der Waals surface area contributed by atoms with Crippen LogP contribution in [0, 0.1) is 101 Å². The third kappa shape index (κ3) is 41.3. The molecule has 1 unspecified atom stereocenters. The zero-order valence-corrected chi connectivity index (χ0v) is 82.1. The van der Waals surface area contributed by atoms with Crippen LogP contribution in [0.3, 0.4) is 0 Å². The second-order valence-corrected chi connectivity index (χ2v) is 29.6. The van der Waals surface area contributed by atoms with E-state index in [2.05, 4.69) is 26.0 Å². The van der Waals surface area contributed by atoms with Crippen LogP contribution in [-0.4, -0.2) is 174 Å². The number of aromatic hydroxyl groups is 1. The summed E-state index contributed by atoms with van der Waals surface area (Å²) in [5.41, 5.74) is 2.18. The molecule has 631 valence electrons. The number of benzene rings is 6. The van der Waals surface area contributed by atoms with Crippen molar-refractivity contribution in [3.05, 3.63) is 176 Å². The molecular weight excluding hydrogens is 1740 g/mol. The van der Waals surface area contributed by atoms with Crippen molar-refractivity contribution < 1.29 is 197 Å². The molecule has 37 heteroatoms. The molecule has 3 radical (unpaired) electrons. The van der Waals surface area contributed by atoms with E-state index in [0.717, 1.165) is 109 Å². The maximum absolute atomic E-state index is 14.4. The summed E-state index contributed by atoms with van der Waals surface area (Å²) in [6, 6.07) is 17.9. The molecule has 116 heavy (non-hydrogen) atoms. The zero-order chi connectivity index (χ0) is 85.6. The summed E-state index contributed by atoms with van der Waals surface area (Å²) in [6.45, 7) is 13.6. The summed E-state index contributed by atoms with van der Waals surface area (Å²) in [6.07, 6.45) is 16.2. The van der Waals surface area contributed by atoms with Gasteiger partial charge in [-0.2, -0.15) is 26.3 Å². The molecule has 0 aromatic heterocycles. The zero-order valence-electron chi connectivity index (χ0n) is 69.6. The van der Waals surface area contributed by atoms with Gasteiger partial charge in [0.15, 0.2) is 69.4 Å². The fraction of sp³-hybridized carbons (Fsp3) is 0.544. The predicted octanol–water partition coefficient (Wildman–Crippen LogP) is 14.5. The molecule has 0 amide bonds. The number of hydrogen-bond donors (Lipinski definition) is 2. The maximum Gasteiger partial charge on any atom is 1.00 e. The number of aliphatic hydroxyl groups is 1. The average molecular weight is 1840 g/mol. The van der Waals surface area contributed by atoms with Gasteiger partial charge >= 0.3 is 142 Å². The van der Waals surface area contributed by atoms with Crippen LogP contribution in [0.1, 0.15) is 203 Å². The summed E-state index contributed by atoms with van der Waals surface area (Å²) >= 11 is 8.34. The van der Waals surface area contributed by atoms with Gasteiger partial charge in [-0.05, 0) is 273 Å². The van der Waals surface area contributed by atoms with Gasteiger partial charge in [-0.25, -0.2) is 35.2 Å². The molecule has 1 atom stereocenters. The first kappa shape index (κ1) is 116. The van der Waals surface area contributed by atoms with E-state index < -0.39 is 100 Å². The Balaban J connectivity index is -0.00000134. The molecule has 11 rings (SSSR count). The van der Waals surface area contributed by atoms with Crippen molar-refractivity contribution in [3.63, 3.8) is 0 Å². The van der Waals surface area contributed by atoms with Crippen molar-refractivity contribution in [3.8, 4) is 34.5 Å². The van der Waals surface area contributed by atoms with Gasteiger partial charge in [0.05, 0.1) is 47.7 Å². The van der Waals surface area contributed by atoms with E-state index in [1.807, 2.05) is 0 Å². The number of phenolic OH excluding ortho intramolecular Hbond substituents is 1. The SMILES string of the molecule is C1CCOC1.CCOc1ccc(C2CCC(CCl)CC2)c(F)c1F.CCOc1ccc(C2CCC(CO)CC2)c(F)c1F.CCOc1ccc(C2CCC(COc3ccc(C)c(F)c3F)CC2)c(F)c1F.CCOc1ccc(C2CCC(OC)CC2)c(F)c1F.Cc1ccc(O)c(F)c1F.O=S(Cl)Cl.O=[P+]([O-])O[O-].[2H]CF.[Al].[H-].[K+].[K][K].[Li+]. The molecular formula is C79H101AlCl3F13K3LiO14PS. The van der Waals surface area contributed by atoms with Gasteiger partial charge in [-0.1, -0.05) is 36.4 Å². The van der Waals surface area contributed by atoms with Crippen molar-refractivity contribution in [1.82, 2.24) is 0 Å². The monoisotopic (exact) mass is 1840 g/mol. The summed E-state index contributed by atoms with van der Waals surface area (Å²) in [5.74, 6) is -9.75. The predicted molar refractivity (Wildman–Crippen MR) is 417 cm³/mol. The van der Waals surface area contributed by atoms with Crippen molar-refractivity contribution in [2.24, 2.45) is 17.8 Å². The van der Waals surface area contributed by atoms with Gasteiger partial charge in [0.25, 0.3) is 0 Å². The summed E-state index contributed by atoms with van der Waals surface area (Å²) in [4.78, 5) is 8.87. The number of phenols is 1. The Bertz CT molecular complexity index is 3570. The largest absolute Gasteiger partial charge is 1.00 e. The number of aliphatic hydroxyl groups excluding tert-OH is 1. The topological polar surface area (TPSA) is 195 Å². The molecule has 6 aromatic carbocycles. The summed E-state index contributed by atoms with van der Waals surface area (Å²) in [5, 5.41) is 26.2. The van der Waals surface area contributed by atoms with Crippen LogP contribution >= 0.6 is 41.2 Å². The molecule has 0 bridgehead atoms. The van der Waals surface area contributed by atoms with E-state index in [1.54, 1.807) is 59.1 Å². The van der Waals surface area contributed by atoms with Crippen LogP contribution in [0.25, 0.3) is 0 Å². The Labute approximate surface area is 804 Å². The number of methoxy groups -OCH3 is 1. The molecule has 1 aliphatic heterocycles. The number of alkyl halides is 2. The van der Waals surface area contributed by atoms with Crippen LogP contribution in [-0.2, 0) is 27.9 Å². The second-order valence-electron chi connectivity index (χ2n) is 26.2. The van der Waals surface area contributed by atoms with Gasteiger partial charge < -0.3 is 54.9 Å². The third-order valence-electron chi connectivity index (χ3n) is 19.1. The quantitative estimate of drug-likeness (QED) is 0.0148. The molecule has 2 N–H and O–H groups in total. The molecule has 6 aromatic rings. The number of aryl methyl sites for hydroxylation is 2. The fourth-order valence-electron chi connectivity index (χ4n) is 13.1. The Kier molecular flexibility index (Phi) is 67.5. The van der Waals surface area contributed by atoms with E-state index in [4.69, 9.17) is 75.3 Å². The third-order valence-corrected chi connectivity index (χ3v) is 19.7. The van der Waals surface area contributed by atoms with E-state index in [-0.39, 0.29) is 184 Å². The minimum Gasteiger partial charge on any atom is 1.00 e. The van der Waals surface area contributed by atoms with Crippen LogP contribution < -0.4 is 104 Å². The van der Waals surface area contributed by atoms with Crippen LogP contribution in [0.4, 0.5) is 57.1 Å². The molecule has 1 saturated heterocycles. The van der Waals surface area contributed by atoms with Gasteiger partial charge in [0, 0.05) is 71.5 Å². The molecule has 0 spiro atoms. The smallest absolute Gasteiger partial charge is 1.00 e. The molecule has 1 heterocycles. The van der Waals surface area contributed by atoms with E-state index in [1.165, 1.54) is 132 Å². The maximum atomic E-state index is 14.4. The van der Waals surface area contributed by atoms with E-state index >= 15 is 0 Å². The van der Waals surface area contributed by atoms with Crippen LogP contribution in [0.2, 0.25) is 0 Å². The summed E-state index contributed by atoms with van der Waals surface area (Å²) < 4.78 is 236. The van der Waals surface area contributed by atoms with Crippen LogP contribution in [0.15, 0.2) is 72.8 Å². The van der Waals surface area contributed by atoms with Crippen molar-refractivity contribution in [2.45, 2.75) is 187 Å². The number of hydrogen-bond acceptors (Lipinski definition) is 14. The number of halogens is 16. The molecule has 4 aliphatic carbocycles. The minimum atomic E-state index is -3.15. The van der Waals surface area contributed by atoms with Gasteiger partial charge in [-0.3, -0.25) is 4.39 Å². The van der Waals surface area contributed by atoms with Gasteiger partial charge in [0.2, 0.25) is 44.1 Å². The van der Waals surface area contributed by atoms with Gasteiger partial charge in [-0.15, -0.1) is 11.6 Å². The first-order valence-electron chi connectivity index (χ1n) is 38.1. The van der Waals surface area contributed by atoms with Crippen LogP contribution in [0.5, 0.6) is 34.5 Å². The number of ether oxygens (including phenoxy) is 7. The molecule has 14 nitrogen and oxygen atoms in total. The first-order chi connectivity index (χ1) is 54.5. The van der Waals surface area contributed by atoms with Crippen molar-refractivity contribution >= 4 is 131 Å². The normalized spacial score (nSPS) is 19.1. The van der Waals surface area contributed by atoms with E-state index in [0.29, 0.717) is 72.6 Å². The fourth-order valence-corrected chi connectivity index (χ4v) is 13.5. The van der Waals surface area contributed by atoms with Crippen molar-refractivity contribution in [1.29, 1.82) is 0 Å². The van der Waals surface area contributed by atoms with Gasteiger partial charge in [0.1, 0.15) is 0 Å². The molecule has 5 fully saturated rings. The first-order valence-corrected chi connectivity index (χ1v) is 57.9. The van der Waals surface area contributed by atoms with E-state index in [9.17, 15) is 57.1 Å². The summed E-state index contributed by atoms with van der Waals surface area (Å²) in [7, 11) is 4.90. The Morgan fingerprint density at radius 3 is 1.04 bits per heavy atom. The average Bonchev–Trinajstić information content (AvgIpc) is 0.878. The Morgan fingerprint density at radius 2 is 0.776 bits per heavy atom. The molecule has 4 saturated carbocycles. The Morgan fingerprint density at radius 1 is 0.509 bits per heavy atom. The standard InChI is InChI=1S/C22H24F4O2.C15H19ClF2O.2C15H20F2O2.C7H6F2O.C4H8O.CH3F.Al.Cl2OS.3K.Li.HO4P.H/c1-3-27-17-11-9-16(20(24)22(17)26)15-7-5-14(6-8-15)12-28-18-10-4-13(2)19(23)21(18)25;1-2-19-13-8-7-12(14(17)15(13)18)11-5-3-10(9-16)4-6-11;1-3-19-13-9-8-12(14(16)15(13)17)10-4-6-11(18-2)7-5-10;1-2-19-13-8-7-12(14(16)15(13)17)11-5-3-10(9-18)4-6-11;1-4-2-3-5(10)7(9)6(4)8;1-2-4-5-3-1;1-2;;1-4(2)3;;;;;1-4-5(2)3;/h4,9-11,14-15H,3,5-8,12H2,1-2H3;7-8,10-11H,2-6,9H2,1H3;8-11H,3-7H2,1-2H3;7-8,10-11,18H,2-6,9H2,1H3;2-3,10H,1H3;1-4H2;1H3;;;;;;;1H;/q;;;;;;;;;;;2*+1;;-1/p-1/i;;;;;;1D;;;;;;;;. The second kappa shape index (κ2) is 67.4.